The number of nitrogens with zero attached hydrogens (tertiary/aromatic N) is 2. The molecule has 0 radical (unpaired) electrons. The Kier molecular flexibility index (Phi) is 4.31. The number of hydrogen-bond donors (Lipinski definition) is 0. The van der Waals surface area contributed by atoms with Crippen LogP contribution in [-0.2, 0) is 6.54 Å². The molecule has 20 heavy (non-hydrogen) atoms. The van der Waals surface area contributed by atoms with Gasteiger partial charge in [-0.25, -0.2) is 9.37 Å². The van der Waals surface area contributed by atoms with Crippen LogP contribution in [0.25, 0.3) is 11.0 Å². The summed E-state index contributed by atoms with van der Waals surface area (Å²) < 4.78 is 15.6. The molecule has 2 rings (SSSR count). The summed E-state index contributed by atoms with van der Waals surface area (Å²) in [5.74, 6) is 0.303. The first-order valence-corrected chi connectivity index (χ1v) is 7.56. The van der Waals surface area contributed by atoms with E-state index in [1.807, 2.05) is 6.92 Å². The number of alkyl halides is 1. The summed E-state index contributed by atoms with van der Waals surface area (Å²) in [7, 11) is 0. The van der Waals surface area contributed by atoms with E-state index in [0.717, 1.165) is 24.3 Å². The van der Waals surface area contributed by atoms with Crippen LogP contribution < -0.4 is 0 Å². The molecular formula is C15H19Cl2FN2. The van der Waals surface area contributed by atoms with E-state index < -0.39 is 5.82 Å². The third-order valence-electron chi connectivity index (χ3n) is 3.72. The van der Waals surface area contributed by atoms with Gasteiger partial charge in [0, 0.05) is 12.6 Å². The van der Waals surface area contributed by atoms with Gasteiger partial charge in [0.05, 0.1) is 21.4 Å². The van der Waals surface area contributed by atoms with Crippen molar-refractivity contribution in [3.63, 3.8) is 0 Å². The molecule has 1 heterocycles. The maximum atomic E-state index is 13.6. The van der Waals surface area contributed by atoms with Crippen LogP contribution in [0.3, 0.4) is 0 Å². The van der Waals surface area contributed by atoms with Crippen LogP contribution >= 0.6 is 23.2 Å². The molecule has 0 saturated heterocycles. The molecular weight excluding hydrogens is 298 g/mol. The van der Waals surface area contributed by atoms with E-state index in [1.54, 1.807) is 6.07 Å². The number of rotatable bonds is 4. The Morgan fingerprint density at radius 2 is 2.05 bits per heavy atom. The molecule has 0 N–H and O–H groups in total. The zero-order chi connectivity index (χ0) is 15.1. The predicted molar refractivity (Wildman–Crippen MR) is 83.0 cm³/mol. The lowest BCUT2D eigenvalue weighted by atomic mass is 9.90. The molecule has 1 unspecified atom stereocenters. The van der Waals surface area contributed by atoms with Crippen LogP contribution in [0.15, 0.2) is 12.1 Å². The Hall–Kier alpha value is -0.800. The first-order valence-electron chi connectivity index (χ1n) is 6.74. The molecule has 0 aliphatic heterocycles. The van der Waals surface area contributed by atoms with Gasteiger partial charge in [-0.05, 0) is 24.8 Å². The average molecular weight is 317 g/mol. The Morgan fingerprint density at radius 3 is 2.60 bits per heavy atom. The molecule has 1 aromatic heterocycles. The first kappa shape index (κ1) is 15.6. The van der Waals surface area contributed by atoms with Crippen LogP contribution in [-0.4, -0.2) is 9.55 Å². The number of halogens is 3. The minimum atomic E-state index is -0.452. The van der Waals surface area contributed by atoms with E-state index in [-0.39, 0.29) is 15.8 Å². The van der Waals surface area contributed by atoms with Gasteiger partial charge in [-0.1, -0.05) is 32.4 Å². The molecule has 0 saturated carbocycles. The fraction of sp³-hybridized carbons (Fsp3) is 0.533. The maximum Gasteiger partial charge on any atom is 0.144 e. The summed E-state index contributed by atoms with van der Waals surface area (Å²) in [4.78, 5) is 4.46. The van der Waals surface area contributed by atoms with Gasteiger partial charge in [0.25, 0.3) is 0 Å². The van der Waals surface area contributed by atoms with E-state index in [4.69, 9.17) is 23.2 Å². The monoisotopic (exact) mass is 316 g/mol. The maximum absolute atomic E-state index is 13.6. The van der Waals surface area contributed by atoms with Crippen molar-refractivity contribution in [2.75, 3.05) is 0 Å². The molecule has 1 aromatic carbocycles. The standard InChI is InChI=1S/C15H19Cl2FN2/c1-5-15(3,4)8-20-13-6-10(17)11(18)7-12(13)19-14(20)9(2)16/h6-7,9H,5,8H2,1-4H3. The van der Waals surface area contributed by atoms with Crippen molar-refractivity contribution in [1.29, 1.82) is 0 Å². The topological polar surface area (TPSA) is 17.8 Å². The number of aromatic nitrogens is 2. The molecule has 0 aliphatic rings. The second-order valence-electron chi connectivity index (χ2n) is 5.94. The third-order valence-corrected chi connectivity index (χ3v) is 4.20. The molecule has 0 amide bonds. The lowest BCUT2D eigenvalue weighted by molar-refractivity contribution is 0.294. The fourth-order valence-electron chi connectivity index (χ4n) is 2.15. The summed E-state index contributed by atoms with van der Waals surface area (Å²) in [5, 5.41) is -0.126. The largest absolute Gasteiger partial charge is 0.326 e. The minimum absolute atomic E-state index is 0.106. The lowest BCUT2D eigenvalue weighted by Crippen LogP contribution is -2.20. The van der Waals surface area contributed by atoms with E-state index in [2.05, 4.69) is 30.3 Å². The van der Waals surface area contributed by atoms with Gasteiger partial charge in [0.2, 0.25) is 0 Å². The van der Waals surface area contributed by atoms with Crippen LogP contribution in [0.1, 0.15) is 45.3 Å². The molecule has 2 nitrogen and oxygen atoms in total. The fourth-order valence-corrected chi connectivity index (χ4v) is 2.47. The average Bonchev–Trinajstić information content (AvgIpc) is 2.68. The first-order chi connectivity index (χ1) is 9.25. The van der Waals surface area contributed by atoms with Gasteiger partial charge in [0.1, 0.15) is 11.6 Å². The molecule has 0 spiro atoms. The van der Waals surface area contributed by atoms with Crippen molar-refractivity contribution in [2.24, 2.45) is 5.41 Å². The van der Waals surface area contributed by atoms with Crippen LogP contribution in [0, 0.1) is 11.2 Å². The van der Waals surface area contributed by atoms with E-state index >= 15 is 0 Å². The molecule has 1 atom stereocenters. The highest BCUT2D eigenvalue weighted by Crippen LogP contribution is 2.32. The number of fused-ring (bicyclic) bond motifs is 1. The number of imidazole rings is 1. The summed E-state index contributed by atoms with van der Waals surface area (Å²) in [5.41, 5.74) is 1.54. The Balaban J connectivity index is 2.65. The van der Waals surface area contributed by atoms with Gasteiger partial charge in [-0.2, -0.15) is 0 Å². The van der Waals surface area contributed by atoms with Gasteiger partial charge in [-0.15, -0.1) is 11.6 Å². The lowest BCUT2D eigenvalue weighted by Gasteiger charge is -2.25. The summed E-state index contributed by atoms with van der Waals surface area (Å²) in [6.45, 7) is 9.17. The Morgan fingerprint density at radius 1 is 1.40 bits per heavy atom. The molecule has 0 fully saturated rings. The normalized spacial score (nSPS) is 13.9. The highest BCUT2D eigenvalue weighted by Gasteiger charge is 2.23. The van der Waals surface area contributed by atoms with E-state index in [9.17, 15) is 4.39 Å². The molecule has 5 heteroatoms. The van der Waals surface area contributed by atoms with Gasteiger partial charge >= 0.3 is 0 Å². The zero-order valence-corrected chi connectivity index (χ0v) is 13.7. The minimum Gasteiger partial charge on any atom is -0.326 e. The third kappa shape index (κ3) is 2.94. The Labute approximate surface area is 128 Å². The van der Waals surface area contributed by atoms with Crippen molar-refractivity contribution < 1.29 is 4.39 Å². The van der Waals surface area contributed by atoms with Crippen LogP contribution in [0.2, 0.25) is 5.02 Å². The summed E-state index contributed by atoms with van der Waals surface area (Å²) in [6, 6.07) is 3.00. The predicted octanol–water partition coefficient (Wildman–Crippen LogP) is 5.56. The van der Waals surface area contributed by atoms with Gasteiger partial charge in [-0.3, -0.25) is 0 Å². The highest BCUT2D eigenvalue weighted by atomic mass is 35.5. The second-order valence-corrected chi connectivity index (χ2v) is 7.01. The second kappa shape index (κ2) is 5.53. The van der Waals surface area contributed by atoms with Crippen molar-refractivity contribution in [2.45, 2.75) is 46.0 Å². The van der Waals surface area contributed by atoms with Crippen LogP contribution in [0.5, 0.6) is 0 Å². The van der Waals surface area contributed by atoms with Gasteiger partial charge < -0.3 is 4.57 Å². The molecule has 110 valence electrons. The van der Waals surface area contributed by atoms with Crippen molar-refractivity contribution in [3.05, 3.63) is 28.8 Å². The van der Waals surface area contributed by atoms with Gasteiger partial charge in [0.15, 0.2) is 0 Å². The molecule has 0 aliphatic carbocycles. The van der Waals surface area contributed by atoms with Crippen LogP contribution in [0.4, 0.5) is 4.39 Å². The zero-order valence-electron chi connectivity index (χ0n) is 12.2. The number of hydrogen-bond acceptors (Lipinski definition) is 1. The molecule has 0 bridgehead atoms. The number of benzene rings is 1. The Bertz CT molecular complexity index is 632. The smallest absolute Gasteiger partial charge is 0.144 e. The van der Waals surface area contributed by atoms with Crippen molar-refractivity contribution >= 4 is 34.2 Å². The quantitative estimate of drug-likeness (QED) is 0.675. The highest BCUT2D eigenvalue weighted by molar-refractivity contribution is 6.31. The van der Waals surface area contributed by atoms with Crippen molar-refractivity contribution in [1.82, 2.24) is 9.55 Å². The van der Waals surface area contributed by atoms with E-state index in [0.29, 0.717) is 5.52 Å². The molecule has 2 aromatic rings. The van der Waals surface area contributed by atoms with Crippen molar-refractivity contribution in [3.8, 4) is 0 Å². The summed E-state index contributed by atoms with van der Waals surface area (Å²) in [6.07, 6.45) is 1.03. The van der Waals surface area contributed by atoms with E-state index in [1.165, 1.54) is 6.07 Å². The summed E-state index contributed by atoms with van der Waals surface area (Å²) >= 11 is 12.1. The SMILES string of the molecule is CCC(C)(C)Cn1c(C(C)Cl)nc2cc(F)c(Cl)cc21.